The molecule has 1 amide bonds. The molecule has 3 N–H and O–H groups in total. The minimum absolute atomic E-state index is 0.00265. The van der Waals surface area contributed by atoms with E-state index in [2.05, 4.69) is 29.2 Å². The molecule has 0 radical (unpaired) electrons. The van der Waals surface area contributed by atoms with Gasteiger partial charge in [-0.05, 0) is 48.1 Å². The highest BCUT2D eigenvalue weighted by molar-refractivity contribution is 5.98. The molecule has 0 aromatic heterocycles. The van der Waals surface area contributed by atoms with Crippen LogP contribution in [-0.4, -0.2) is 53.1 Å². The number of nitrogen functional groups attached to an aromatic ring is 1. The molecular formula is C23H27N3O2. The van der Waals surface area contributed by atoms with E-state index in [-0.39, 0.29) is 11.3 Å². The van der Waals surface area contributed by atoms with Gasteiger partial charge in [0.15, 0.2) is 0 Å². The second kappa shape index (κ2) is 6.61. The Balaban J connectivity index is 1.27. The molecule has 3 aliphatic rings. The number of β-amino-alcohol motifs (C(OH)–C–C–N with tert-alkyl or cyclic N) is 1. The lowest BCUT2D eigenvalue weighted by Crippen LogP contribution is -2.49. The highest BCUT2D eigenvalue weighted by Gasteiger charge is 2.51. The normalized spacial score (nSPS) is 21.3. The fourth-order valence-corrected chi connectivity index (χ4v) is 4.94. The lowest BCUT2D eigenvalue weighted by atomic mass is 9.86. The molecule has 5 nitrogen and oxygen atoms in total. The summed E-state index contributed by atoms with van der Waals surface area (Å²) in [5, 5.41) is 10.8. The Morgan fingerprint density at radius 2 is 1.89 bits per heavy atom. The van der Waals surface area contributed by atoms with Gasteiger partial charge < -0.3 is 15.7 Å². The van der Waals surface area contributed by atoms with E-state index in [9.17, 15) is 9.90 Å². The van der Waals surface area contributed by atoms with E-state index in [1.54, 1.807) is 6.07 Å². The van der Waals surface area contributed by atoms with Gasteiger partial charge in [-0.3, -0.25) is 9.69 Å². The Morgan fingerprint density at radius 1 is 1.11 bits per heavy atom. The number of carbonyl (C=O) groups is 1. The second-order valence-corrected chi connectivity index (χ2v) is 8.68. The summed E-state index contributed by atoms with van der Waals surface area (Å²) in [6.07, 6.45) is 2.67. The van der Waals surface area contributed by atoms with Gasteiger partial charge in [0.1, 0.15) is 0 Å². The van der Waals surface area contributed by atoms with Crippen LogP contribution in [-0.2, 0) is 18.4 Å². The summed E-state index contributed by atoms with van der Waals surface area (Å²) in [7, 11) is 0. The van der Waals surface area contributed by atoms with Crippen molar-refractivity contribution in [2.45, 2.75) is 37.3 Å². The molecule has 28 heavy (non-hydrogen) atoms. The monoisotopic (exact) mass is 377 g/mol. The van der Waals surface area contributed by atoms with Gasteiger partial charge in [0.25, 0.3) is 5.91 Å². The minimum atomic E-state index is -0.548. The summed E-state index contributed by atoms with van der Waals surface area (Å²) < 4.78 is 0. The van der Waals surface area contributed by atoms with Crippen LogP contribution in [0.15, 0.2) is 42.5 Å². The van der Waals surface area contributed by atoms with Crippen LogP contribution in [0.1, 0.15) is 39.9 Å². The predicted molar refractivity (Wildman–Crippen MR) is 109 cm³/mol. The SMILES string of the molecule is Nc1ccc2c(c1)C(=O)N(C[C@H](O)CN1CCc3ccccc3C1)CC21CC1. The van der Waals surface area contributed by atoms with Gasteiger partial charge in [-0.2, -0.15) is 0 Å². The molecule has 1 spiro atoms. The first-order chi connectivity index (χ1) is 13.5. The lowest BCUT2D eigenvalue weighted by Gasteiger charge is -2.37. The maximum Gasteiger partial charge on any atom is 0.254 e. The second-order valence-electron chi connectivity index (χ2n) is 8.68. The molecule has 1 atom stereocenters. The fraction of sp³-hybridized carbons (Fsp3) is 0.435. The van der Waals surface area contributed by atoms with Crippen LogP contribution >= 0.6 is 0 Å². The highest BCUT2D eigenvalue weighted by atomic mass is 16.3. The van der Waals surface area contributed by atoms with Crippen molar-refractivity contribution in [3.8, 4) is 0 Å². The fourth-order valence-electron chi connectivity index (χ4n) is 4.94. The van der Waals surface area contributed by atoms with E-state index in [1.165, 1.54) is 11.1 Å². The Morgan fingerprint density at radius 3 is 2.68 bits per heavy atom. The van der Waals surface area contributed by atoms with Crippen molar-refractivity contribution in [3.63, 3.8) is 0 Å². The summed E-state index contributed by atoms with van der Waals surface area (Å²) in [6.45, 7) is 3.50. The Bertz CT molecular complexity index is 922. The number of anilines is 1. The zero-order chi connectivity index (χ0) is 19.3. The van der Waals surface area contributed by atoms with Crippen LogP contribution in [0.25, 0.3) is 0 Å². The Labute approximate surface area is 165 Å². The van der Waals surface area contributed by atoms with Crippen molar-refractivity contribution in [2.24, 2.45) is 0 Å². The average molecular weight is 377 g/mol. The molecule has 0 saturated heterocycles. The minimum Gasteiger partial charge on any atom is -0.399 e. The van der Waals surface area contributed by atoms with E-state index in [0.29, 0.717) is 25.3 Å². The van der Waals surface area contributed by atoms with Crippen LogP contribution in [0.2, 0.25) is 0 Å². The summed E-state index contributed by atoms with van der Waals surface area (Å²) in [5.74, 6) is 0.00265. The molecular weight excluding hydrogens is 350 g/mol. The van der Waals surface area contributed by atoms with E-state index in [4.69, 9.17) is 5.73 Å². The molecule has 5 heteroatoms. The first kappa shape index (κ1) is 17.7. The summed E-state index contributed by atoms with van der Waals surface area (Å²) >= 11 is 0. The summed E-state index contributed by atoms with van der Waals surface area (Å²) in [5.41, 5.74) is 11.3. The van der Waals surface area contributed by atoms with Crippen molar-refractivity contribution in [1.82, 2.24) is 9.80 Å². The van der Waals surface area contributed by atoms with Crippen LogP contribution in [0.3, 0.4) is 0 Å². The number of nitrogens with two attached hydrogens (primary N) is 1. The topological polar surface area (TPSA) is 69.8 Å². The smallest absolute Gasteiger partial charge is 0.254 e. The third kappa shape index (κ3) is 3.09. The Hall–Kier alpha value is -2.37. The van der Waals surface area contributed by atoms with Crippen molar-refractivity contribution in [1.29, 1.82) is 0 Å². The van der Waals surface area contributed by atoms with Crippen molar-refractivity contribution in [2.75, 3.05) is 31.9 Å². The average Bonchev–Trinajstić information content (AvgIpc) is 3.46. The molecule has 2 aromatic rings. The van der Waals surface area contributed by atoms with E-state index < -0.39 is 6.10 Å². The molecule has 0 unspecified atom stereocenters. The van der Waals surface area contributed by atoms with Crippen molar-refractivity contribution in [3.05, 3.63) is 64.7 Å². The van der Waals surface area contributed by atoms with Crippen LogP contribution in [0, 0.1) is 0 Å². The van der Waals surface area contributed by atoms with Gasteiger partial charge in [0, 0.05) is 49.4 Å². The molecule has 2 aliphatic heterocycles. The first-order valence-corrected chi connectivity index (χ1v) is 10.2. The molecule has 2 heterocycles. The van der Waals surface area contributed by atoms with Gasteiger partial charge in [-0.1, -0.05) is 30.3 Å². The number of fused-ring (bicyclic) bond motifs is 3. The van der Waals surface area contributed by atoms with E-state index in [1.807, 2.05) is 17.0 Å². The van der Waals surface area contributed by atoms with Crippen molar-refractivity contribution >= 4 is 11.6 Å². The van der Waals surface area contributed by atoms with Crippen LogP contribution in [0.5, 0.6) is 0 Å². The summed E-state index contributed by atoms with van der Waals surface area (Å²) in [6, 6.07) is 14.2. The number of aliphatic hydroxyl groups is 1. The van der Waals surface area contributed by atoms with Gasteiger partial charge in [0.05, 0.1) is 6.10 Å². The maximum absolute atomic E-state index is 13.0. The zero-order valence-electron chi connectivity index (χ0n) is 16.1. The van der Waals surface area contributed by atoms with Crippen LogP contribution < -0.4 is 5.73 Å². The third-order valence-electron chi connectivity index (χ3n) is 6.59. The Kier molecular flexibility index (Phi) is 4.18. The number of nitrogens with zero attached hydrogens (tertiary/aromatic N) is 2. The number of rotatable bonds is 4. The summed E-state index contributed by atoms with van der Waals surface area (Å²) in [4.78, 5) is 17.2. The van der Waals surface area contributed by atoms with E-state index in [0.717, 1.165) is 43.5 Å². The standard InChI is InChI=1S/C23H27N3O2/c24-18-5-6-21-20(11-18)22(28)26(15-23(21)8-9-23)14-19(27)13-25-10-7-16-3-1-2-4-17(16)12-25/h1-6,11,19,27H,7-10,12-15,24H2/t19-/m1/s1. The van der Waals surface area contributed by atoms with E-state index >= 15 is 0 Å². The number of hydrogen-bond donors (Lipinski definition) is 2. The third-order valence-corrected chi connectivity index (χ3v) is 6.59. The molecule has 1 aliphatic carbocycles. The molecule has 0 bridgehead atoms. The number of aliphatic hydroxyl groups excluding tert-OH is 1. The number of hydrogen-bond acceptors (Lipinski definition) is 4. The number of amides is 1. The molecule has 2 aromatic carbocycles. The van der Waals surface area contributed by atoms with Crippen molar-refractivity contribution < 1.29 is 9.90 Å². The van der Waals surface area contributed by atoms with Gasteiger partial charge in [-0.15, -0.1) is 0 Å². The van der Waals surface area contributed by atoms with Gasteiger partial charge in [-0.25, -0.2) is 0 Å². The quantitative estimate of drug-likeness (QED) is 0.802. The molecule has 5 rings (SSSR count). The molecule has 1 saturated carbocycles. The molecule has 1 fully saturated rings. The first-order valence-electron chi connectivity index (χ1n) is 10.2. The highest BCUT2D eigenvalue weighted by Crippen LogP contribution is 2.52. The van der Waals surface area contributed by atoms with Gasteiger partial charge >= 0.3 is 0 Å². The number of benzene rings is 2. The largest absolute Gasteiger partial charge is 0.399 e. The number of carbonyl (C=O) groups excluding carboxylic acids is 1. The maximum atomic E-state index is 13.0. The molecule has 146 valence electrons. The van der Waals surface area contributed by atoms with Crippen LogP contribution in [0.4, 0.5) is 5.69 Å². The van der Waals surface area contributed by atoms with Gasteiger partial charge in [0.2, 0.25) is 0 Å². The predicted octanol–water partition coefficient (Wildman–Crippen LogP) is 2.18. The lowest BCUT2D eigenvalue weighted by molar-refractivity contribution is 0.0459. The zero-order valence-corrected chi connectivity index (χ0v) is 16.1.